The average molecular weight is 540 g/mol. The number of nitrogens with zero attached hydrogens (tertiary/aromatic N) is 2. The molecule has 0 bridgehead atoms. The van der Waals surface area contributed by atoms with Crippen molar-refractivity contribution in [3.63, 3.8) is 0 Å². The highest BCUT2D eigenvalue weighted by molar-refractivity contribution is 14.0. The number of rotatable bonds is 11. The van der Waals surface area contributed by atoms with Gasteiger partial charge in [-0.15, -0.1) is 24.0 Å². The Morgan fingerprint density at radius 1 is 1.03 bits per heavy atom. The molecule has 0 heterocycles. The fraction of sp³-hybridized carbons (Fsp3) is 0.458. The maximum atomic E-state index is 5.79. The number of aryl methyl sites for hydroxylation is 1. The molecule has 0 aliphatic carbocycles. The van der Waals surface area contributed by atoms with Crippen LogP contribution >= 0.6 is 24.0 Å². The Morgan fingerprint density at radius 2 is 1.74 bits per heavy atom. The molecule has 2 aromatic rings. The summed E-state index contributed by atoms with van der Waals surface area (Å²) in [6.07, 6.45) is 1.92. The van der Waals surface area contributed by atoms with Gasteiger partial charge in [0.15, 0.2) is 5.96 Å². The molecule has 2 aromatic carbocycles. The quantitative estimate of drug-likeness (QED) is 0.196. The molecular weight excluding hydrogens is 503 g/mol. The van der Waals surface area contributed by atoms with Gasteiger partial charge in [0.2, 0.25) is 0 Å². The van der Waals surface area contributed by atoms with E-state index >= 15 is 0 Å². The Kier molecular flexibility index (Phi) is 13.0. The van der Waals surface area contributed by atoms with Crippen molar-refractivity contribution in [3.8, 4) is 11.5 Å². The van der Waals surface area contributed by atoms with Gasteiger partial charge >= 0.3 is 0 Å². The smallest absolute Gasteiger partial charge is 0.191 e. The van der Waals surface area contributed by atoms with E-state index in [4.69, 9.17) is 9.47 Å². The van der Waals surface area contributed by atoms with Crippen molar-refractivity contribution in [3.05, 3.63) is 59.2 Å². The summed E-state index contributed by atoms with van der Waals surface area (Å²) < 4.78 is 11.2. The first-order chi connectivity index (χ1) is 14.5. The SMILES string of the molecule is CN=C(NCCc1ccc(C)c(OC)c1)NCc1ccc(OCCCN(C)C)cc1.I. The summed E-state index contributed by atoms with van der Waals surface area (Å²) in [6.45, 7) is 5.33. The summed E-state index contributed by atoms with van der Waals surface area (Å²) in [5.74, 6) is 2.63. The Balaban J connectivity index is 0.00000480. The molecular formula is C24H37IN4O2. The van der Waals surface area contributed by atoms with Crippen LogP contribution in [0.15, 0.2) is 47.5 Å². The molecule has 0 spiro atoms. The molecule has 0 saturated carbocycles. The Labute approximate surface area is 204 Å². The molecule has 0 aliphatic heterocycles. The first-order valence-corrected chi connectivity index (χ1v) is 10.5. The van der Waals surface area contributed by atoms with Crippen LogP contribution in [-0.2, 0) is 13.0 Å². The molecule has 7 heteroatoms. The van der Waals surface area contributed by atoms with E-state index in [1.165, 1.54) is 11.1 Å². The van der Waals surface area contributed by atoms with Gasteiger partial charge in [-0.1, -0.05) is 24.3 Å². The Morgan fingerprint density at radius 3 is 2.39 bits per heavy atom. The zero-order valence-electron chi connectivity index (χ0n) is 19.4. The lowest BCUT2D eigenvalue weighted by molar-refractivity contribution is 0.281. The minimum atomic E-state index is 0. The first kappa shape index (κ1) is 27.0. The van der Waals surface area contributed by atoms with Gasteiger partial charge in [-0.25, -0.2) is 0 Å². The van der Waals surface area contributed by atoms with Crippen LogP contribution < -0.4 is 20.1 Å². The van der Waals surface area contributed by atoms with Crippen LogP contribution in [0.4, 0.5) is 0 Å². The van der Waals surface area contributed by atoms with E-state index in [-0.39, 0.29) is 24.0 Å². The van der Waals surface area contributed by atoms with Crippen LogP contribution in [0.5, 0.6) is 11.5 Å². The van der Waals surface area contributed by atoms with Gasteiger partial charge in [0.1, 0.15) is 11.5 Å². The summed E-state index contributed by atoms with van der Waals surface area (Å²) in [4.78, 5) is 6.47. The molecule has 0 amide bonds. The topological polar surface area (TPSA) is 58.1 Å². The van der Waals surface area contributed by atoms with Gasteiger partial charge in [0, 0.05) is 26.7 Å². The van der Waals surface area contributed by atoms with Gasteiger partial charge in [-0.2, -0.15) is 0 Å². The monoisotopic (exact) mass is 540 g/mol. The number of methoxy groups -OCH3 is 1. The van der Waals surface area contributed by atoms with E-state index in [2.05, 4.69) is 71.9 Å². The summed E-state index contributed by atoms with van der Waals surface area (Å²) in [6, 6.07) is 14.5. The van der Waals surface area contributed by atoms with Crippen molar-refractivity contribution >= 4 is 29.9 Å². The van der Waals surface area contributed by atoms with E-state index in [1.54, 1.807) is 14.2 Å². The van der Waals surface area contributed by atoms with Crippen LogP contribution in [0.3, 0.4) is 0 Å². The van der Waals surface area contributed by atoms with Crippen molar-refractivity contribution in [2.75, 3.05) is 47.9 Å². The fourth-order valence-corrected chi connectivity index (χ4v) is 3.03. The molecule has 0 saturated heterocycles. The molecule has 0 radical (unpaired) electrons. The third-order valence-corrected chi connectivity index (χ3v) is 4.80. The predicted molar refractivity (Wildman–Crippen MR) is 140 cm³/mol. The number of nitrogens with one attached hydrogen (secondary N) is 2. The molecule has 0 atom stereocenters. The normalized spacial score (nSPS) is 11.1. The summed E-state index contributed by atoms with van der Waals surface area (Å²) in [7, 11) is 7.64. The number of hydrogen-bond acceptors (Lipinski definition) is 4. The van der Waals surface area contributed by atoms with E-state index in [0.29, 0.717) is 6.54 Å². The number of hydrogen-bond donors (Lipinski definition) is 2. The van der Waals surface area contributed by atoms with Crippen molar-refractivity contribution in [1.29, 1.82) is 0 Å². The highest BCUT2D eigenvalue weighted by Gasteiger charge is 2.03. The second-order valence-corrected chi connectivity index (χ2v) is 7.56. The predicted octanol–water partition coefficient (Wildman–Crippen LogP) is 3.86. The lowest BCUT2D eigenvalue weighted by atomic mass is 10.1. The standard InChI is InChI=1S/C24H36N4O2.HI/c1-19-7-8-20(17-23(19)29-5)13-14-26-24(25-2)27-18-21-9-11-22(12-10-21)30-16-6-15-28(3)4;/h7-12,17H,6,13-16,18H2,1-5H3,(H2,25,26,27);1H. The van der Waals surface area contributed by atoms with Crippen LogP contribution in [0.2, 0.25) is 0 Å². The molecule has 0 unspecified atom stereocenters. The molecule has 0 aliphatic rings. The average Bonchev–Trinajstić information content (AvgIpc) is 2.75. The van der Waals surface area contributed by atoms with Crippen molar-refractivity contribution in [1.82, 2.24) is 15.5 Å². The molecule has 31 heavy (non-hydrogen) atoms. The maximum Gasteiger partial charge on any atom is 0.191 e. The molecule has 0 fully saturated rings. The molecule has 172 valence electrons. The molecule has 2 rings (SSSR count). The van der Waals surface area contributed by atoms with E-state index in [0.717, 1.165) is 55.6 Å². The number of aliphatic imine (C=N–C) groups is 1. The van der Waals surface area contributed by atoms with E-state index < -0.39 is 0 Å². The van der Waals surface area contributed by atoms with Crippen LogP contribution in [0.1, 0.15) is 23.1 Å². The lowest BCUT2D eigenvalue weighted by Gasteiger charge is -2.13. The van der Waals surface area contributed by atoms with Gasteiger partial charge in [-0.3, -0.25) is 4.99 Å². The molecule has 0 aromatic heterocycles. The van der Waals surface area contributed by atoms with Crippen molar-refractivity contribution < 1.29 is 9.47 Å². The van der Waals surface area contributed by atoms with Gasteiger partial charge in [0.05, 0.1) is 13.7 Å². The zero-order chi connectivity index (χ0) is 21.8. The number of guanidine groups is 1. The zero-order valence-corrected chi connectivity index (χ0v) is 21.7. The third-order valence-electron chi connectivity index (χ3n) is 4.80. The van der Waals surface area contributed by atoms with Crippen molar-refractivity contribution in [2.45, 2.75) is 26.3 Å². The van der Waals surface area contributed by atoms with Crippen LogP contribution in [0, 0.1) is 6.92 Å². The summed E-state index contributed by atoms with van der Waals surface area (Å²) in [5, 5.41) is 6.72. The third kappa shape index (κ3) is 10.2. The van der Waals surface area contributed by atoms with Gasteiger partial charge < -0.3 is 25.0 Å². The van der Waals surface area contributed by atoms with Gasteiger partial charge in [-0.05, 0) is 68.8 Å². The minimum Gasteiger partial charge on any atom is -0.496 e. The van der Waals surface area contributed by atoms with Gasteiger partial charge in [0.25, 0.3) is 0 Å². The van der Waals surface area contributed by atoms with E-state index in [1.807, 2.05) is 12.1 Å². The van der Waals surface area contributed by atoms with Crippen LogP contribution in [-0.4, -0.2) is 58.8 Å². The summed E-state index contributed by atoms with van der Waals surface area (Å²) >= 11 is 0. The second kappa shape index (κ2) is 14.9. The Bertz CT molecular complexity index is 795. The first-order valence-electron chi connectivity index (χ1n) is 10.5. The fourth-order valence-electron chi connectivity index (χ4n) is 3.03. The number of halogens is 1. The molecule has 2 N–H and O–H groups in total. The Hall–Kier alpha value is -2.00. The highest BCUT2D eigenvalue weighted by Crippen LogP contribution is 2.19. The van der Waals surface area contributed by atoms with Crippen molar-refractivity contribution in [2.24, 2.45) is 4.99 Å². The lowest BCUT2D eigenvalue weighted by Crippen LogP contribution is -2.37. The highest BCUT2D eigenvalue weighted by atomic mass is 127. The molecule has 6 nitrogen and oxygen atoms in total. The largest absolute Gasteiger partial charge is 0.496 e. The maximum absolute atomic E-state index is 5.79. The second-order valence-electron chi connectivity index (χ2n) is 7.56. The number of benzene rings is 2. The summed E-state index contributed by atoms with van der Waals surface area (Å²) in [5.41, 5.74) is 3.57. The number of ether oxygens (including phenoxy) is 2. The minimum absolute atomic E-state index is 0. The van der Waals surface area contributed by atoms with Crippen LogP contribution in [0.25, 0.3) is 0 Å². The van der Waals surface area contributed by atoms with E-state index in [9.17, 15) is 0 Å².